The average molecular weight is 227 g/mol. The Bertz CT molecular complexity index is 365. The Hall–Kier alpha value is -0.780. The summed E-state index contributed by atoms with van der Waals surface area (Å²) < 4.78 is 5.15. The molecule has 0 unspecified atom stereocenters. The van der Waals surface area contributed by atoms with Crippen molar-refractivity contribution in [2.24, 2.45) is 0 Å². The molecule has 0 aliphatic heterocycles. The number of thiol groups is 1. The van der Waals surface area contributed by atoms with Crippen molar-refractivity contribution in [2.45, 2.75) is 6.42 Å². The molecule has 0 N–H and O–H groups in total. The molecule has 0 aliphatic rings. The van der Waals surface area contributed by atoms with Gasteiger partial charge in [-0.3, -0.25) is 0 Å². The molecule has 1 nitrogen and oxygen atoms in total. The van der Waals surface area contributed by atoms with Gasteiger partial charge >= 0.3 is 0 Å². The largest absolute Gasteiger partial charge is 0.495 e. The van der Waals surface area contributed by atoms with Crippen molar-refractivity contribution in [3.8, 4) is 17.6 Å². The van der Waals surface area contributed by atoms with E-state index in [1.165, 1.54) is 0 Å². The first-order chi connectivity index (χ1) is 6.77. The monoisotopic (exact) mass is 226 g/mol. The molecular formula is C11H11ClOS. The maximum absolute atomic E-state index is 5.85. The van der Waals surface area contributed by atoms with Crippen LogP contribution in [0.4, 0.5) is 0 Å². The van der Waals surface area contributed by atoms with E-state index in [4.69, 9.17) is 16.3 Å². The second kappa shape index (κ2) is 5.85. The number of ether oxygens (including phenoxy) is 1. The Morgan fingerprint density at radius 3 is 2.93 bits per heavy atom. The first-order valence-electron chi connectivity index (χ1n) is 4.21. The predicted octanol–water partition coefficient (Wildman–Crippen LogP) is 3.02. The van der Waals surface area contributed by atoms with Gasteiger partial charge in [-0.25, -0.2) is 0 Å². The summed E-state index contributed by atoms with van der Waals surface area (Å²) in [5.41, 5.74) is 0.821. The van der Waals surface area contributed by atoms with E-state index in [0.717, 1.165) is 23.5 Å². The molecule has 0 aromatic heterocycles. The first-order valence-corrected chi connectivity index (χ1v) is 5.22. The molecule has 0 saturated heterocycles. The van der Waals surface area contributed by atoms with Crippen molar-refractivity contribution < 1.29 is 4.74 Å². The van der Waals surface area contributed by atoms with Crippen LogP contribution in [0, 0.1) is 11.8 Å². The van der Waals surface area contributed by atoms with Gasteiger partial charge in [-0.2, -0.15) is 12.6 Å². The molecule has 0 spiro atoms. The summed E-state index contributed by atoms with van der Waals surface area (Å²) >= 11 is 9.92. The molecular weight excluding hydrogens is 216 g/mol. The Morgan fingerprint density at radius 1 is 1.50 bits per heavy atom. The summed E-state index contributed by atoms with van der Waals surface area (Å²) in [5.74, 6) is 7.50. The minimum Gasteiger partial charge on any atom is -0.495 e. The molecule has 1 aromatic rings. The lowest BCUT2D eigenvalue weighted by Crippen LogP contribution is -1.87. The van der Waals surface area contributed by atoms with E-state index in [1.54, 1.807) is 19.2 Å². The van der Waals surface area contributed by atoms with Crippen molar-refractivity contribution in [2.75, 3.05) is 12.9 Å². The number of hydrogen-bond acceptors (Lipinski definition) is 2. The van der Waals surface area contributed by atoms with E-state index in [0.29, 0.717) is 5.02 Å². The second-order valence-corrected chi connectivity index (χ2v) is 3.50. The van der Waals surface area contributed by atoms with Crippen molar-refractivity contribution in [1.29, 1.82) is 0 Å². The minimum absolute atomic E-state index is 0.668. The summed E-state index contributed by atoms with van der Waals surface area (Å²) in [7, 11) is 1.62. The Labute approximate surface area is 94.8 Å². The van der Waals surface area contributed by atoms with Crippen LogP contribution in [0.3, 0.4) is 0 Å². The van der Waals surface area contributed by atoms with E-state index in [-0.39, 0.29) is 0 Å². The topological polar surface area (TPSA) is 9.23 Å². The van der Waals surface area contributed by atoms with Gasteiger partial charge < -0.3 is 4.74 Å². The molecule has 0 fully saturated rings. The summed E-state index contributed by atoms with van der Waals surface area (Å²) in [6.45, 7) is 0. The van der Waals surface area contributed by atoms with Gasteiger partial charge in [0.2, 0.25) is 0 Å². The van der Waals surface area contributed by atoms with Crippen LogP contribution >= 0.6 is 24.2 Å². The SMILES string of the molecule is COc1ccc(Cl)cc1C#CCCS. The predicted molar refractivity (Wildman–Crippen MR) is 63.4 cm³/mol. The van der Waals surface area contributed by atoms with Crippen molar-refractivity contribution in [3.63, 3.8) is 0 Å². The van der Waals surface area contributed by atoms with Gasteiger partial charge in [-0.1, -0.05) is 23.4 Å². The van der Waals surface area contributed by atoms with Gasteiger partial charge in [-0.05, 0) is 18.2 Å². The van der Waals surface area contributed by atoms with E-state index < -0.39 is 0 Å². The number of rotatable bonds is 2. The van der Waals surface area contributed by atoms with Crippen LogP contribution in [0.5, 0.6) is 5.75 Å². The minimum atomic E-state index is 0.668. The van der Waals surface area contributed by atoms with Crippen LogP contribution in [0.2, 0.25) is 5.02 Å². The number of halogens is 1. The molecule has 1 aromatic carbocycles. The van der Waals surface area contributed by atoms with E-state index in [2.05, 4.69) is 24.5 Å². The second-order valence-electron chi connectivity index (χ2n) is 2.62. The summed E-state index contributed by atoms with van der Waals surface area (Å²) in [6, 6.07) is 5.39. The highest BCUT2D eigenvalue weighted by Crippen LogP contribution is 2.21. The summed E-state index contributed by atoms with van der Waals surface area (Å²) in [6.07, 6.45) is 0.763. The van der Waals surface area contributed by atoms with Crippen LogP contribution in [-0.4, -0.2) is 12.9 Å². The maximum atomic E-state index is 5.85. The van der Waals surface area contributed by atoms with Gasteiger partial charge in [0.1, 0.15) is 5.75 Å². The fraction of sp³-hybridized carbons (Fsp3) is 0.273. The van der Waals surface area contributed by atoms with Crippen LogP contribution in [-0.2, 0) is 0 Å². The first kappa shape index (κ1) is 11.3. The molecule has 0 bridgehead atoms. The van der Waals surface area contributed by atoms with Crippen molar-refractivity contribution in [1.82, 2.24) is 0 Å². The maximum Gasteiger partial charge on any atom is 0.134 e. The van der Waals surface area contributed by atoms with Crippen LogP contribution < -0.4 is 4.74 Å². The molecule has 14 heavy (non-hydrogen) atoms. The Morgan fingerprint density at radius 2 is 2.29 bits per heavy atom. The summed E-state index contributed by atoms with van der Waals surface area (Å²) in [5, 5.41) is 0.668. The molecule has 0 radical (unpaired) electrons. The quantitative estimate of drug-likeness (QED) is 0.603. The highest BCUT2D eigenvalue weighted by Gasteiger charge is 1.99. The number of benzene rings is 1. The van der Waals surface area contributed by atoms with Crippen molar-refractivity contribution in [3.05, 3.63) is 28.8 Å². The molecule has 0 aliphatic carbocycles. The number of hydrogen-bond donors (Lipinski definition) is 1. The van der Waals surface area contributed by atoms with E-state index in [1.807, 2.05) is 6.07 Å². The third-order valence-corrected chi connectivity index (χ3v) is 2.08. The normalized spacial score (nSPS) is 9.07. The Kier molecular flexibility index (Phi) is 4.72. The van der Waals surface area contributed by atoms with Gasteiger partial charge in [0, 0.05) is 17.2 Å². The number of methoxy groups -OCH3 is 1. The summed E-state index contributed by atoms with van der Waals surface area (Å²) in [4.78, 5) is 0. The lowest BCUT2D eigenvalue weighted by molar-refractivity contribution is 0.413. The van der Waals surface area contributed by atoms with Gasteiger partial charge in [-0.15, -0.1) is 0 Å². The van der Waals surface area contributed by atoms with Crippen LogP contribution in [0.1, 0.15) is 12.0 Å². The van der Waals surface area contributed by atoms with Gasteiger partial charge in [0.05, 0.1) is 12.7 Å². The lowest BCUT2D eigenvalue weighted by Gasteiger charge is -2.02. The fourth-order valence-electron chi connectivity index (χ4n) is 0.992. The highest BCUT2D eigenvalue weighted by molar-refractivity contribution is 7.80. The zero-order chi connectivity index (χ0) is 10.4. The average Bonchev–Trinajstić information content (AvgIpc) is 2.19. The molecule has 0 amide bonds. The molecule has 74 valence electrons. The van der Waals surface area contributed by atoms with Crippen LogP contribution in [0.25, 0.3) is 0 Å². The fourth-order valence-corrected chi connectivity index (χ4v) is 1.28. The molecule has 3 heteroatoms. The van der Waals surface area contributed by atoms with Crippen molar-refractivity contribution >= 4 is 24.2 Å². The Balaban J connectivity index is 2.94. The zero-order valence-corrected chi connectivity index (χ0v) is 9.53. The lowest BCUT2D eigenvalue weighted by atomic mass is 10.2. The smallest absolute Gasteiger partial charge is 0.134 e. The third-order valence-electron chi connectivity index (χ3n) is 1.62. The molecule has 0 heterocycles. The third kappa shape index (κ3) is 3.17. The van der Waals surface area contributed by atoms with Gasteiger partial charge in [0.15, 0.2) is 0 Å². The zero-order valence-electron chi connectivity index (χ0n) is 7.88. The molecule has 1 rings (SSSR count). The standard InChI is InChI=1S/C11H11ClOS/c1-13-11-6-5-10(12)8-9(11)4-2-3-7-14/h5-6,8,14H,3,7H2,1H3. The van der Waals surface area contributed by atoms with Crippen LogP contribution in [0.15, 0.2) is 18.2 Å². The highest BCUT2D eigenvalue weighted by atomic mass is 35.5. The molecule has 0 saturated carbocycles. The van der Waals surface area contributed by atoms with E-state index >= 15 is 0 Å². The van der Waals surface area contributed by atoms with E-state index in [9.17, 15) is 0 Å². The molecule has 0 atom stereocenters. The van der Waals surface area contributed by atoms with Gasteiger partial charge in [0.25, 0.3) is 0 Å².